The predicted octanol–water partition coefficient (Wildman–Crippen LogP) is 4.45. The lowest BCUT2D eigenvalue weighted by molar-refractivity contribution is -0.143. The SMILES string of the molecule is CCOC(=O)CCC(=O)c1nc2cc(-c3cc(C)ccc3F)ccc2c(C#N)c1O. The Morgan fingerprint density at radius 2 is 1.97 bits per heavy atom. The maximum Gasteiger partial charge on any atom is 0.306 e. The molecule has 0 amide bonds. The molecular weight excluding hydrogens is 387 g/mol. The van der Waals surface area contributed by atoms with Crippen LogP contribution in [-0.2, 0) is 9.53 Å². The molecule has 0 radical (unpaired) electrons. The van der Waals surface area contributed by atoms with Crippen LogP contribution in [-0.4, -0.2) is 28.4 Å². The molecule has 0 bridgehead atoms. The Labute approximate surface area is 172 Å². The maximum atomic E-state index is 14.3. The summed E-state index contributed by atoms with van der Waals surface area (Å²) in [7, 11) is 0. The number of aromatic nitrogens is 1. The number of nitrogens with zero attached hydrogens (tertiary/aromatic N) is 2. The molecule has 0 aliphatic carbocycles. The second-order valence-electron chi connectivity index (χ2n) is 6.74. The summed E-state index contributed by atoms with van der Waals surface area (Å²) in [6.07, 6.45) is -0.385. The van der Waals surface area contributed by atoms with Crippen LogP contribution in [0.4, 0.5) is 4.39 Å². The number of hydrogen-bond donors (Lipinski definition) is 1. The molecular formula is C23H19FN2O4. The lowest BCUT2D eigenvalue weighted by Crippen LogP contribution is -2.10. The molecule has 1 aromatic heterocycles. The number of nitriles is 1. The molecule has 0 aliphatic rings. The van der Waals surface area contributed by atoms with Gasteiger partial charge in [-0.1, -0.05) is 23.8 Å². The van der Waals surface area contributed by atoms with E-state index in [9.17, 15) is 24.3 Å². The number of pyridine rings is 1. The summed E-state index contributed by atoms with van der Waals surface area (Å²) in [5, 5.41) is 20.2. The molecule has 0 spiro atoms. The number of ether oxygens (including phenoxy) is 1. The van der Waals surface area contributed by atoms with Crippen LogP contribution in [0, 0.1) is 24.1 Å². The molecule has 0 saturated carbocycles. The highest BCUT2D eigenvalue weighted by atomic mass is 19.1. The van der Waals surface area contributed by atoms with E-state index in [2.05, 4.69) is 4.98 Å². The molecule has 0 unspecified atom stereocenters. The summed E-state index contributed by atoms with van der Waals surface area (Å²) in [4.78, 5) is 28.3. The Bertz CT molecular complexity index is 1200. The number of halogens is 1. The van der Waals surface area contributed by atoms with Crippen LogP contribution in [0.5, 0.6) is 5.75 Å². The van der Waals surface area contributed by atoms with Crippen molar-refractivity contribution in [1.29, 1.82) is 5.26 Å². The molecule has 0 fully saturated rings. The van der Waals surface area contributed by atoms with E-state index in [-0.39, 0.29) is 36.2 Å². The van der Waals surface area contributed by atoms with Crippen LogP contribution in [0.2, 0.25) is 0 Å². The molecule has 30 heavy (non-hydrogen) atoms. The molecule has 152 valence electrons. The fraction of sp³-hybridized carbons (Fsp3) is 0.217. The fourth-order valence-electron chi connectivity index (χ4n) is 3.16. The number of aryl methyl sites for hydroxylation is 1. The third-order valence-electron chi connectivity index (χ3n) is 4.63. The fourth-order valence-corrected chi connectivity index (χ4v) is 3.16. The van der Waals surface area contributed by atoms with E-state index in [0.717, 1.165) is 5.56 Å². The number of hydrogen-bond acceptors (Lipinski definition) is 6. The molecule has 2 aromatic carbocycles. The largest absolute Gasteiger partial charge is 0.504 e. The number of rotatable bonds is 6. The Morgan fingerprint density at radius 1 is 1.20 bits per heavy atom. The van der Waals surface area contributed by atoms with Crippen molar-refractivity contribution in [3.05, 3.63) is 59.0 Å². The van der Waals surface area contributed by atoms with Crippen molar-refractivity contribution in [3.8, 4) is 22.9 Å². The van der Waals surface area contributed by atoms with Crippen molar-refractivity contribution >= 4 is 22.7 Å². The zero-order chi connectivity index (χ0) is 21.8. The number of esters is 1. The first-order chi connectivity index (χ1) is 14.3. The molecule has 3 rings (SSSR count). The summed E-state index contributed by atoms with van der Waals surface area (Å²) in [6.45, 7) is 3.70. The van der Waals surface area contributed by atoms with Gasteiger partial charge in [0.1, 0.15) is 23.1 Å². The van der Waals surface area contributed by atoms with Crippen molar-refractivity contribution < 1.29 is 23.8 Å². The van der Waals surface area contributed by atoms with Gasteiger partial charge in [0.15, 0.2) is 11.5 Å². The maximum absolute atomic E-state index is 14.3. The lowest BCUT2D eigenvalue weighted by atomic mass is 9.98. The number of Topliss-reactive ketones (excluding diaryl/α,β-unsaturated/α-hetero) is 1. The van der Waals surface area contributed by atoms with E-state index in [0.29, 0.717) is 16.5 Å². The van der Waals surface area contributed by atoms with E-state index >= 15 is 0 Å². The molecule has 7 heteroatoms. The van der Waals surface area contributed by atoms with Crippen LogP contribution in [0.3, 0.4) is 0 Å². The van der Waals surface area contributed by atoms with Gasteiger partial charge in [0.2, 0.25) is 0 Å². The van der Waals surface area contributed by atoms with Gasteiger partial charge in [-0.15, -0.1) is 0 Å². The minimum atomic E-state index is -0.592. The van der Waals surface area contributed by atoms with Crippen LogP contribution in [0.15, 0.2) is 36.4 Å². The lowest BCUT2D eigenvalue weighted by Gasteiger charge is -2.10. The number of carbonyl (C=O) groups excluding carboxylic acids is 2. The highest BCUT2D eigenvalue weighted by molar-refractivity contribution is 6.03. The van der Waals surface area contributed by atoms with Gasteiger partial charge >= 0.3 is 5.97 Å². The van der Waals surface area contributed by atoms with Gasteiger partial charge in [0.25, 0.3) is 0 Å². The Hall–Kier alpha value is -3.79. The first-order valence-electron chi connectivity index (χ1n) is 9.37. The normalized spacial score (nSPS) is 10.6. The van der Waals surface area contributed by atoms with Crippen LogP contribution >= 0.6 is 0 Å². The van der Waals surface area contributed by atoms with Crippen LogP contribution < -0.4 is 0 Å². The molecule has 0 aliphatic heterocycles. The topological polar surface area (TPSA) is 100 Å². The van der Waals surface area contributed by atoms with Crippen LogP contribution in [0.1, 0.15) is 41.4 Å². The second kappa shape index (κ2) is 8.70. The first kappa shape index (κ1) is 20.9. The molecule has 3 aromatic rings. The smallest absolute Gasteiger partial charge is 0.306 e. The average molecular weight is 406 g/mol. The number of ketones is 1. The zero-order valence-corrected chi connectivity index (χ0v) is 16.5. The molecule has 6 nitrogen and oxygen atoms in total. The van der Waals surface area contributed by atoms with Crippen molar-refractivity contribution in [2.45, 2.75) is 26.7 Å². The quantitative estimate of drug-likeness (QED) is 0.479. The van der Waals surface area contributed by atoms with E-state index in [1.165, 1.54) is 6.07 Å². The first-order valence-corrected chi connectivity index (χ1v) is 9.37. The van der Waals surface area contributed by atoms with Gasteiger partial charge in [-0.25, -0.2) is 9.37 Å². The third-order valence-corrected chi connectivity index (χ3v) is 4.63. The summed E-state index contributed by atoms with van der Waals surface area (Å²) < 4.78 is 19.1. The van der Waals surface area contributed by atoms with Crippen molar-refractivity contribution in [2.75, 3.05) is 6.61 Å². The molecule has 0 atom stereocenters. The Morgan fingerprint density at radius 3 is 2.67 bits per heavy atom. The Kier molecular flexibility index (Phi) is 6.07. The molecule has 1 heterocycles. The zero-order valence-electron chi connectivity index (χ0n) is 16.5. The highest BCUT2D eigenvalue weighted by Gasteiger charge is 2.21. The second-order valence-corrected chi connectivity index (χ2v) is 6.74. The standard InChI is InChI=1S/C23H19FN2O4/c1-3-30-21(28)9-8-20(27)22-23(29)17(12-25)15-6-5-14(11-19(15)26-22)16-10-13(2)4-7-18(16)24/h4-7,10-11,29H,3,8-9H2,1-2H3. The van der Waals surface area contributed by atoms with Crippen molar-refractivity contribution in [1.82, 2.24) is 4.98 Å². The number of carbonyl (C=O) groups is 2. The van der Waals surface area contributed by atoms with E-state index in [1.807, 2.05) is 13.0 Å². The average Bonchev–Trinajstić information content (AvgIpc) is 2.73. The molecule has 0 saturated heterocycles. The van der Waals surface area contributed by atoms with Gasteiger partial charge in [-0.2, -0.15) is 5.26 Å². The van der Waals surface area contributed by atoms with Crippen LogP contribution in [0.25, 0.3) is 22.0 Å². The van der Waals surface area contributed by atoms with E-state index in [4.69, 9.17) is 4.74 Å². The predicted molar refractivity (Wildman–Crippen MR) is 108 cm³/mol. The summed E-state index contributed by atoms with van der Waals surface area (Å²) in [5.41, 5.74) is 1.62. The minimum Gasteiger partial charge on any atom is -0.504 e. The molecule has 1 N–H and O–H groups in total. The van der Waals surface area contributed by atoms with Gasteiger partial charge in [-0.05, 0) is 37.6 Å². The summed E-state index contributed by atoms with van der Waals surface area (Å²) in [5.74, 6) is -2.08. The number of aromatic hydroxyl groups is 1. The number of benzene rings is 2. The third kappa shape index (κ3) is 4.13. The van der Waals surface area contributed by atoms with E-state index in [1.54, 1.807) is 37.3 Å². The highest BCUT2D eigenvalue weighted by Crippen LogP contribution is 2.33. The minimum absolute atomic E-state index is 0.101. The van der Waals surface area contributed by atoms with Crippen molar-refractivity contribution in [2.24, 2.45) is 0 Å². The van der Waals surface area contributed by atoms with Gasteiger partial charge < -0.3 is 9.84 Å². The van der Waals surface area contributed by atoms with Gasteiger partial charge in [0.05, 0.1) is 18.5 Å². The summed E-state index contributed by atoms with van der Waals surface area (Å²) in [6, 6.07) is 11.4. The monoisotopic (exact) mass is 406 g/mol. The van der Waals surface area contributed by atoms with Gasteiger partial charge in [0, 0.05) is 17.4 Å². The van der Waals surface area contributed by atoms with Crippen molar-refractivity contribution in [3.63, 3.8) is 0 Å². The number of fused-ring (bicyclic) bond motifs is 1. The summed E-state index contributed by atoms with van der Waals surface area (Å²) >= 11 is 0. The Balaban J connectivity index is 2.08. The van der Waals surface area contributed by atoms with Gasteiger partial charge in [-0.3, -0.25) is 9.59 Å². The van der Waals surface area contributed by atoms with E-state index < -0.39 is 23.3 Å².